The quantitative estimate of drug-likeness (QED) is 0.592. The fourth-order valence-electron chi connectivity index (χ4n) is 2.10. The SMILES string of the molecule is COC(=O)c1cc(NC(=O)/C=C/c2ccc(Br)cc2)cc(C(=O)OC)c1. The lowest BCUT2D eigenvalue weighted by Crippen LogP contribution is -2.12. The van der Waals surface area contributed by atoms with E-state index in [0.717, 1.165) is 10.0 Å². The Kier molecular flexibility index (Phi) is 6.68. The number of hydrogen-bond acceptors (Lipinski definition) is 5. The number of rotatable bonds is 5. The molecule has 0 saturated carbocycles. The number of anilines is 1. The van der Waals surface area contributed by atoms with Crippen LogP contribution in [0.25, 0.3) is 6.08 Å². The van der Waals surface area contributed by atoms with Gasteiger partial charge in [-0.3, -0.25) is 4.79 Å². The lowest BCUT2D eigenvalue weighted by Gasteiger charge is -2.08. The third-order valence-corrected chi connectivity index (χ3v) is 3.87. The Balaban J connectivity index is 2.21. The summed E-state index contributed by atoms with van der Waals surface area (Å²) in [5.74, 6) is -1.67. The molecule has 6 nitrogen and oxygen atoms in total. The number of carbonyl (C=O) groups excluding carboxylic acids is 3. The molecule has 2 aromatic rings. The zero-order chi connectivity index (χ0) is 19.1. The molecule has 1 N–H and O–H groups in total. The molecular weight excluding hydrogens is 402 g/mol. The topological polar surface area (TPSA) is 81.7 Å². The van der Waals surface area contributed by atoms with E-state index in [-0.39, 0.29) is 16.8 Å². The van der Waals surface area contributed by atoms with Crippen molar-refractivity contribution in [3.8, 4) is 0 Å². The molecule has 0 aliphatic rings. The van der Waals surface area contributed by atoms with E-state index in [1.165, 1.54) is 38.5 Å². The predicted octanol–water partition coefficient (Wildman–Crippen LogP) is 3.67. The van der Waals surface area contributed by atoms with Crippen LogP contribution in [0.4, 0.5) is 5.69 Å². The molecule has 1 amide bonds. The summed E-state index contributed by atoms with van der Waals surface area (Å²) >= 11 is 3.34. The van der Waals surface area contributed by atoms with E-state index in [0.29, 0.717) is 0 Å². The van der Waals surface area contributed by atoms with E-state index in [1.807, 2.05) is 24.3 Å². The third-order valence-electron chi connectivity index (χ3n) is 3.34. The number of hydrogen-bond donors (Lipinski definition) is 1. The second-order valence-corrected chi connectivity index (χ2v) is 6.07. The standard InChI is InChI=1S/C19H16BrNO5/c1-25-18(23)13-9-14(19(24)26-2)11-16(10-13)21-17(22)8-5-12-3-6-15(20)7-4-12/h3-11H,1-2H3,(H,21,22)/b8-5+. The summed E-state index contributed by atoms with van der Waals surface area (Å²) in [6.07, 6.45) is 3.00. The zero-order valence-corrected chi connectivity index (χ0v) is 15.7. The number of nitrogens with one attached hydrogen (secondary N) is 1. The van der Waals surface area contributed by atoms with E-state index in [4.69, 9.17) is 0 Å². The van der Waals surface area contributed by atoms with Crippen LogP contribution in [0.3, 0.4) is 0 Å². The van der Waals surface area contributed by atoms with Crippen molar-refractivity contribution < 1.29 is 23.9 Å². The normalized spacial score (nSPS) is 10.4. The molecule has 0 atom stereocenters. The highest BCUT2D eigenvalue weighted by Gasteiger charge is 2.14. The molecule has 0 saturated heterocycles. The molecule has 134 valence electrons. The van der Waals surface area contributed by atoms with Crippen molar-refractivity contribution in [1.29, 1.82) is 0 Å². The van der Waals surface area contributed by atoms with Gasteiger partial charge in [0.2, 0.25) is 5.91 Å². The second-order valence-electron chi connectivity index (χ2n) is 5.16. The van der Waals surface area contributed by atoms with E-state index in [9.17, 15) is 14.4 Å². The fourth-order valence-corrected chi connectivity index (χ4v) is 2.37. The minimum absolute atomic E-state index is 0.127. The zero-order valence-electron chi connectivity index (χ0n) is 14.1. The van der Waals surface area contributed by atoms with Gasteiger partial charge >= 0.3 is 11.9 Å². The smallest absolute Gasteiger partial charge is 0.337 e. The van der Waals surface area contributed by atoms with Gasteiger partial charge < -0.3 is 14.8 Å². The monoisotopic (exact) mass is 417 g/mol. The molecular formula is C19H16BrNO5. The summed E-state index contributed by atoms with van der Waals surface area (Å²) in [6.45, 7) is 0. The van der Waals surface area contributed by atoms with Gasteiger partial charge in [-0.1, -0.05) is 28.1 Å². The first-order valence-electron chi connectivity index (χ1n) is 7.49. The van der Waals surface area contributed by atoms with Gasteiger partial charge in [-0.2, -0.15) is 0 Å². The van der Waals surface area contributed by atoms with Crippen molar-refractivity contribution in [2.24, 2.45) is 0 Å². The average Bonchev–Trinajstić information content (AvgIpc) is 2.65. The Morgan fingerprint density at radius 2 is 1.46 bits per heavy atom. The Morgan fingerprint density at radius 3 is 1.96 bits per heavy atom. The van der Waals surface area contributed by atoms with E-state index in [2.05, 4.69) is 30.7 Å². The number of methoxy groups -OCH3 is 2. The van der Waals surface area contributed by atoms with Gasteiger partial charge in [0, 0.05) is 16.2 Å². The van der Waals surface area contributed by atoms with Crippen molar-refractivity contribution in [3.05, 3.63) is 69.7 Å². The van der Waals surface area contributed by atoms with Gasteiger partial charge in [-0.15, -0.1) is 0 Å². The highest BCUT2D eigenvalue weighted by atomic mass is 79.9. The van der Waals surface area contributed by atoms with E-state index in [1.54, 1.807) is 6.08 Å². The van der Waals surface area contributed by atoms with Crippen LogP contribution >= 0.6 is 15.9 Å². The first kappa shape index (κ1) is 19.4. The molecule has 2 aromatic carbocycles. The maximum atomic E-state index is 12.1. The van der Waals surface area contributed by atoms with Crippen molar-refractivity contribution in [3.63, 3.8) is 0 Å². The van der Waals surface area contributed by atoms with Crippen molar-refractivity contribution >= 4 is 45.5 Å². The second kappa shape index (κ2) is 8.96. The summed E-state index contributed by atoms with van der Waals surface area (Å²) in [5.41, 5.74) is 1.38. The molecule has 0 heterocycles. The first-order chi connectivity index (χ1) is 12.4. The van der Waals surface area contributed by atoms with Crippen LogP contribution in [-0.2, 0) is 14.3 Å². The molecule has 26 heavy (non-hydrogen) atoms. The molecule has 0 unspecified atom stereocenters. The minimum atomic E-state index is -0.628. The summed E-state index contributed by atoms with van der Waals surface area (Å²) in [7, 11) is 2.46. The molecule has 0 bridgehead atoms. The summed E-state index contributed by atoms with van der Waals surface area (Å²) < 4.78 is 10.3. The van der Waals surface area contributed by atoms with E-state index < -0.39 is 17.8 Å². The van der Waals surface area contributed by atoms with Crippen molar-refractivity contribution in [1.82, 2.24) is 0 Å². The minimum Gasteiger partial charge on any atom is -0.465 e. The fraction of sp³-hybridized carbons (Fsp3) is 0.105. The highest BCUT2D eigenvalue weighted by molar-refractivity contribution is 9.10. The van der Waals surface area contributed by atoms with Crippen LogP contribution in [0.15, 0.2) is 53.0 Å². The van der Waals surface area contributed by atoms with Crippen LogP contribution in [0, 0.1) is 0 Å². The van der Waals surface area contributed by atoms with Crippen LogP contribution < -0.4 is 5.32 Å². The number of esters is 2. The summed E-state index contributed by atoms with van der Waals surface area (Å²) in [6, 6.07) is 11.6. The molecule has 7 heteroatoms. The maximum Gasteiger partial charge on any atom is 0.337 e. The van der Waals surface area contributed by atoms with Gasteiger partial charge in [-0.05, 0) is 42.0 Å². The number of amides is 1. The number of halogens is 1. The molecule has 0 spiro atoms. The average molecular weight is 418 g/mol. The van der Waals surface area contributed by atoms with Gasteiger partial charge in [0.05, 0.1) is 25.3 Å². The summed E-state index contributed by atoms with van der Waals surface area (Å²) in [5, 5.41) is 2.61. The van der Waals surface area contributed by atoms with E-state index >= 15 is 0 Å². The Labute approximate surface area is 158 Å². The molecule has 0 aliphatic heterocycles. The largest absolute Gasteiger partial charge is 0.465 e. The summed E-state index contributed by atoms with van der Waals surface area (Å²) in [4.78, 5) is 35.6. The molecule has 2 rings (SSSR count). The Morgan fingerprint density at radius 1 is 0.923 bits per heavy atom. The maximum absolute atomic E-state index is 12.1. The van der Waals surface area contributed by atoms with Gasteiger partial charge in [0.1, 0.15) is 0 Å². The van der Waals surface area contributed by atoms with Gasteiger partial charge in [0.25, 0.3) is 0 Å². The number of benzene rings is 2. The lowest BCUT2D eigenvalue weighted by molar-refractivity contribution is -0.111. The Hall–Kier alpha value is -2.93. The van der Waals surface area contributed by atoms with Crippen LogP contribution in [0.5, 0.6) is 0 Å². The molecule has 0 aliphatic carbocycles. The Bertz CT molecular complexity index is 824. The molecule has 0 aromatic heterocycles. The lowest BCUT2D eigenvalue weighted by atomic mass is 10.1. The first-order valence-corrected chi connectivity index (χ1v) is 8.28. The highest BCUT2D eigenvalue weighted by Crippen LogP contribution is 2.17. The molecule has 0 radical (unpaired) electrons. The van der Waals surface area contributed by atoms with Crippen LogP contribution in [0.1, 0.15) is 26.3 Å². The van der Waals surface area contributed by atoms with Gasteiger partial charge in [-0.25, -0.2) is 9.59 Å². The van der Waals surface area contributed by atoms with Gasteiger partial charge in [0.15, 0.2) is 0 Å². The van der Waals surface area contributed by atoms with Crippen LogP contribution in [-0.4, -0.2) is 32.1 Å². The predicted molar refractivity (Wildman–Crippen MR) is 101 cm³/mol. The third kappa shape index (κ3) is 5.29. The van der Waals surface area contributed by atoms with Crippen molar-refractivity contribution in [2.75, 3.05) is 19.5 Å². The molecule has 0 fully saturated rings. The number of carbonyl (C=O) groups is 3. The number of ether oxygens (including phenoxy) is 2. The van der Waals surface area contributed by atoms with Crippen molar-refractivity contribution in [2.45, 2.75) is 0 Å². The van der Waals surface area contributed by atoms with Crippen LogP contribution in [0.2, 0.25) is 0 Å².